The second-order valence-corrected chi connectivity index (χ2v) is 6.13. The summed E-state index contributed by atoms with van der Waals surface area (Å²) >= 11 is 0. The Balaban J connectivity index is 2.80. The average molecular weight is 300 g/mol. The summed E-state index contributed by atoms with van der Waals surface area (Å²) < 4.78 is 30.3. The number of hydrogen-bond acceptors (Lipinski definition) is 5. The third kappa shape index (κ3) is 5.66. The Morgan fingerprint density at radius 3 is 2.45 bits per heavy atom. The molecule has 0 aliphatic rings. The molecule has 1 aromatic carbocycles. The van der Waals surface area contributed by atoms with Crippen molar-refractivity contribution in [2.75, 3.05) is 23.7 Å². The van der Waals surface area contributed by atoms with Gasteiger partial charge in [0.15, 0.2) is 0 Å². The van der Waals surface area contributed by atoms with Crippen molar-refractivity contribution in [3.63, 3.8) is 0 Å². The number of hydrogen-bond donors (Lipinski definition) is 1. The lowest BCUT2D eigenvalue weighted by atomic mass is 10.2. The van der Waals surface area contributed by atoms with E-state index < -0.39 is 10.1 Å². The molecule has 0 spiro atoms. The number of para-hydroxylation sites is 1. The lowest BCUT2D eigenvalue weighted by Crippen LogP contribution is -2.27. The molecule has 0 bridgehead atoms. The smallest absolute Gasteiger partial charge is 0.264 e. The van der Waals surface area contributed by atoms with Crippen LogP contribution in [-0.2, 0) is 10.1 Å². The molecule has 0 aromatic heterocycles. The van der Waals surface area contributed by atoms with E-state index in [1.54, 1.807) is 18.2 Å². The maximum Gasteiger partial charge on any atom is 0.264 e. The molecule has 20 heavy (non-hydrogen) atoms. The van der Waals surface area contributed by atoms with Gasteiger partial charge in [-0.2, -0.15) is 8.42 Å². The molecule has 0 radical (unpaired) electrons. The highest BCUT2D eigenvalue weighted by Crippen LogP contribution is 2.28. The van der Waals surface area contributed by atoms with Gasteiger partial charge in [-0.1, -0.05) is 25.5 Å². The largest absolute Gasteiger partial charge is 0.370 e. The third-order valence-corrected chi connectivity index (χ3v) is 3.74. The Kier molecular flexibility index (Phi) is 6.60. The predicted octanol–water partition coefficient (Wildman–Crippen LogP) is 2.97. The van der Waals surface area contributed by atoms with Crippen molar-refractivity contribution >= 4 is 21.5 Å². The summed E-state index contributed by atoms with van der Waals surface area (Å²) in [4.78, 5) is 12.8. The molecule has 1 rings (SSSR count). The zero-order valence-corrected chi connectivity index (χ0v) is 12.3. The molecular weight excluding hydrogens is 280 g/mol. The monoisotopic (exact) mass is 300 g/mol. The molecule has 0 amide bonds. The maximum atomic E-state index is 10.8. The van der Waals surface area contributed by atoms with Crippen LogP contribution in [-0.4, -0.2) is 31.8 Å². The fraction of sp³-hybridized carbons (Fsp3) is 0.538. The fourth-order valence-electron chi connectivity index (χ4n) is 1.95. The van der Waals surface area contributed by atoms with E-state index in [1.165, 1.54) is 0 Å². The summed E-state index contributed by atoms with van der Waals surface area (Å²) in [6.45, 7) is 3.22. The van der Waals surface area contributed by atoms with Crippen LogP contribution < -0.4 is 4.90 Å². The quantitative estimate of drug-likeness (QED) is 0.559. The van der Waals surface area contributed by atoms with Gasteiger partial charge in [-0.3, -0.25) is 4.55 Å². The van der Waals surface area contributed by atoms with Gasteiger partial charge in [0.05, 0.1) is 11.4 Å². The fourth-order valence-corrected chi connectivity index (χ4v) is 2.44. The second-order valence-electron chi connectivity index (χ2n) is 4.56. The lowest BCUT2D eigenvalue weighted by Gasteiger charge is -2.25. The molecule has 0 unspecified atom stereocenters. The van der Waals surface area contributed by atoms with Crippen LogP contribution in [0, 0.1) is 4.91 Å². The van der Waals surface area contributed by atoms with Gasteiger partial charge in [0, 0.05) is 13.1 Å². The van der Waals surface area contributed by atoms with Gasteiger partial charge in [0.2, 0.25) is 0 Å². The Morgan fingerprint density at radius 1 is 1.20 bits per heavy atom. The molecule has 0 aliphatic carbocycles. The molecular formula is C13H20N2O4S. The van der Waals surface area contributed by atoms with Crippen molar-refractivity contribution in [2.24, 2.45) is 5.18 Å². The molecule has 1 N–H and O–H groups in total. The van der Waals surface area contributed by atoms with Gasteiger partial charge in [0.1, 0.15) is 5.69 Å². The molecule has 0 atom stereocenters. The van der Waals surface area contributed by atoms with Crippen molar-refractivity contribution in [3.8, 4) is 0 Å². The predicted molar refractivity (Wildman–Crippen MR) is 80.1 cm³/mol. The minimum atomic E-state index is -3.95. The number of nitroso groups, excluding NO2 is 1. The standard InChI is InChI=1S/C13H20N2O4S/c1-2-3-9-15(10-6-11-20(17,18)19)13-8-5-4-7-12(13)14-16/h4-5,7-8H,2-3,6,9-11H2,1H3,(H,17,18,19). The van der Waals surface area contributed by atoms with Crippen LogP contribution in [0.3, 0.4) is 0 Å². The van der Waals surface area contributed by atoms with E-state index in [0.717, 1.165) is 12.8 Å². The zero-order valence-electron chi connectivity index (χ0n) is 11.5. The van der Waals surface area contributed by atoms with Crippen LogP contribution in [0.5, 0.6) is 0 Å². The van der Waals surface area contributed by atoms with Crippen LogP contribution in [0.15, 0.2) is 29.4 Å². The third-order valence-electron chi connectivity index (χ3n) is 2.93. The van der Waals surface area contributed by atoms with E-state index in [-0.39, 0.29) is 5.75 Å². The zero-order chi connectivity index (χ0) is 15.0. The van der Waals surface area contributed by atoms with Gasteiger partial charge in [-0.25, -0.2) is 0 Å². The molecule has 6 nitrogen and oxygen atoms in total. The van der Waals surface area contributed by atoms with E-state index in [2.05, 4.69) is 12.1 Å². The number of benzene rings is 1. The Hall–Kier alpha value is -1.47. The van der Waals surface area contributed by atoms with Crippen molar-refractivity contribution in [1.29, 1.82) is 0 Å². The van der Waals surface area contributed by atoms with Crippen LogP contribution in [0.4, 0.5) is 11.4 Å². The highest BCUT2D eigenvalue weighted by molar-refractivity contribution is 7.85. The molecule has 0 heterocycles. The van der Waals surface area contributed by atoms with Gasteiger partial charge < -0.3 is 4.90 Å². The SMILES string of the molecule is CCCCN(CCCS(=O)(=O)O)c1ccccc1N=O. The van der Waals surface area contributed by atoms with Crippen molar-refractivity contribution in [1.82, 2.24) is 0 Å². The van der Waals surface area contributed by atoms with Gasteiger partial charge in [0.25, 0.3) is 10.1 Å². The van der Waals surface area contributed by atoms with Crippen molar-refractivity contribution in [3.05, 3.63) is 29.2 Å². The van der Waals surface area contributed by atoms with Crippen LogP contribution in [0.25, 0.3) is 0 Å². The summed E-state index contributed by atoms with van der Waals surface area (Å²) in [7, 11) is -3.95. The number of anilines is 1. The number of nitrogens with zero attached hydrogens (tertiary/aromatic N) is 2. The Morgan fingerprint density at radius 2 is 1.85 bits per heavy atom. The van der Waals surface area contributed by atoms with Crippen molar-refractivity contribution in [2.45, 2.75) is 26.2 Å². The number of unbranched alkanes of at least 4 members (excludes halogenated alkanes) is 1. The highest BCUT2D eigenvalue weighted by Gasteiger charge is 2.12. The first-order valence-electron chi connectivity index (χ1n) is 6.60. The molecule has 0 aliphatic heterocycles. The summed E-state index contributed by atoms with van der Waals surface area (Å²) in [6, 6.07) is 6.96. The molecule has 0 saturated heterocycles. The minimum Gasteiger partial charge on any atom is -0.370 e. The van der Waals surface area contributed by atoms with E-state index in [4.69, 9.17) is 4.55 Å². The Bertz CT molecular complexity index is 531. The van der Waals surface area contributed by atoms with E-state index in [1.807, 2.05) is 11.0 Å². The maximum absolute atomic E-state index is 10.8. The molecule has 112 valence electrons. The molecule has 7 heteroatoms. The Labute approximate surface area is 119 Å². The lowest BCUT2D eigenvalue weighted by molar-refractivity contribution is 0.481. The molecule has 1 aromatic rings. The first kappa shape index (κ1) is 16.6. The van der Waals surface area contributed by atoms with Gasteiger partial charge in [-0.15, -0.1) is 4.91 Å². The topological polar surface area (TPSA) is 87.0 Å². The van der Waals surface area contributed by atoms with Gasteiger partial charge >= 0.3 is 0 Å². The van der Waals surface area contributed by atoms with Gasteiger partial charge in [-0.05, 0) is 30.2 Å². The van der Waals surface area contributed by atoms with E-state index in [9.17, 15) is 13.3 Å². The summed E-state index contributed by atoms with van der Waals surface area (Å²) in [6.07, 6.45) is 2.22. The van der Waals surface area contributed by atoms with Crippen molar-refractivity contribution < 1.29 is 13.0 Å². The minimum absolute atomic E-state index is 0.285. The van der Waals surface area contributed by atoms with E-state index in [0.29, 0.717) is 30.9 Å². The van der Waals surface area contributed by atoms with E-state index >= 15 is 0 Å². The first-order valence-corrected chi connectivity index (χ1v) is 8.21. The molecule has 0 fully saturated rings. The normalized spacial score (nSPS) is 11.3. The van der Waals surface area contributed by atoms with Crippen LogP contribution >= 0.6 is 0 Å². The summed E-state index contributed by atoms with van der Waals surface area (Å²) in [5, 5.41) is 3.00. The average Bonchev–Trinajstić information content (AvgIpc) is 2.41. The first-order chi connectivity index (χ1) is 9.48. The second kappa shape index (κ2) is 7.96. The summed E-state index contributed by atoms with van der Waals surface area (Å²) in [5.74, 6) is -0.285. The highest BCUT2D eigenvalue weighted by atomic mass is 32.2. The molecule has 0 saturated carbocycles. The van der Waals surface area contributed by atoms with Crippen LogP contribution in [0.1, 0.15) is 26.2 Å². The van der Waals surface area contributed by atoms with Crippen LogP contribution in [0.2, 0.25) is 0 Å². The summed E-state index contributed by atoms with van der Waals surface area (Å²) in [5.41, 5.74) is 1.04. The number of rotatable bonds is 9.